The van der Waals surface area contributed by atoms with Crippen LogP contribution in [0, 0.1) is 16.7 Å². The first-order valence-corrected chi connectivity index (χ1v) is 8.28. The summed E-state index contributed by atoms with van der Waals surface area (Å²) in [4.78, 5) is 16.9. The third kappa shape index (κ3) is 3.33. The van der Waals surface area contributed by atoms with E-state index >= 15 is 0 Å². The average Bonchev–Trinajstić information content (AvgIpc) is 3.32. The van der Waals surface area contributed by atoms with Crippen LogP contribution in [0.5, 0.6) is 5.75 Å². The number of rotatable bonds is 5. The molecule has 1 atom stereocenters. The van der Waals surface area contributed by atoms with Gasteiger partial charge in [-0.1, -0.05) is 30.1 Å². The van der Waals surface area contributed by atoms with Gasteiger partial charge >= 0.3 is 0 Å². The lowest BCUT2D eigenvalue weighted by Crippen LogP contribution is -2.39. The van der Waals surface area contributed by atoms with Crippen molar-refractivity contribution in [1.29, 1.82) is 5.26 Å². The molecular formula is C18H20N4O3. The van der Waals surface area contributed by atoms with Crippen LogP contribution >= 0.6 is 0 Å². The second-order valence-corrected chi connectivity index (χ2v) is 6.28. The fourth-order valence-corrected chi connectivity index (χ4v) is 3.06. The number of carbonyl (C=O) groups is 1. The predicted octanol–water partition coefficient (Wildman–Crippen LogP) is 3.01. The normalized spacial score (nSPS) is 16.8. The zero-order valence-electron chi connectivity index (χ0n) is 14.3. The van der Waals surface area contributed by atoms with E-state index in [0.717, 1.165) is 18.4 Å². The quantitative estimate of drug-likeness (QED) is 0.898. The summed E-state index contributed by atoms with van der Waals surface area (Å²) in [5, 5.41) is 16.2. The number of amides is 1. The summed E-state index contributed by atoms with van der Waals surface area (Å²) in [5.41, 5.74) is -0.165. The third-order valence-corrected chi connectivity index (χ3v) is 4.59. The maximum atomic E-state index is 12.5. The lowest BCUT2D eigenvalue weighted by Gasteiger charge is -2.21. The van der Waals surface area contributed by atoms with Gasteiger partial charge in [0.25, 0.3) is 0 Å². The molecule has 1 N–H and O–H groups in total. The molecule has 1 amide bonds. The van der Waals surface area contributed by atoms with Crippen molar-refractivity contribution >= 4 is 5.91 Å². The first-order chi connectivity index (χ1) is 12.1. The lowest BCUT2D eigenvalue weighted by molar-refractivity contribution is -0.128. The molecule has 1 saturated carbocycles. The number of benzene rings is 1. The number of hydrogen-bond donors (Lipinski definition) is 1. The molecule has 1 fully saturated rings. The average molecular weight is 340 g/mol. The SMILES string of the molecule is COc1cccc(-c2noc(C(C)NC(=O)C3(C#N)CCCC3)n2)c1. The van der Waals surface area contributed by atoms with Crippen molar-refractivity contribution in [2.24, 2.45) is 5.41 Å². The molecule has 25 heavy (non-hydrogen) atoms. The maximum absolute atomic E-state index is 12.5. The topological polar surface area (TPSA) is 101 Å². The van der Waals surface area contributed by atoms with Crippen molar-refractivity contribution in [3.05, 3.63) is 30.2 Å². The smallest absolute Gasteiger partial charge is 0.249 e. The molecule has 1 heterocycles. The minimum absolute atomic E-state index is 0.263. The van der Waals surface area contributed by atoms with Crippen LogP contribution in [0.2, 0.25) is 0 Å². The first kappa shape index (κ1) is 17.0. The van der Waals surface area contributed by atoms with Crippen molar-refractivity contribution in [1.82, 2.24) is 15.5 Å². The largest absolute Gasteiger partial charge is 0.497 e. The molecule has 3 rings (SSSR count). The molecule has 0 spiro atoms. The minimum Gasteiger partial charge on any atom is -0.497 e. The highest BCUT2D eigenvalue weighted by Crippen LogP contribution is 2.38. The van der Waals surface area contributed by atoms with Crippen LogP contribution in [0.15, 0.2) is 28.8 Å². The zero-order chi connectivity index (χ0) is 17.9. The molecule has 130 valence electrons. The number of methoxy groups -OCH3 is 1. The first-order valence-electron chi connectivity index (χ1n) is 8.28. The van der Waals surface area contributed by atoms with Crippen molar-refractivity contribution in [3.63, 3.8) is 0 Å². The van der Waals surface area contributed by atoms with Crippen LogP contribution in [0.3, 0.4) is 0 Å². The number of nitrogens with zero attached hydrogens (tertiary/aromatic N) is 3. The third-order valence-electron chi connectivity index (χ3n) is 4.59. The highest BCUT2D eigenvalue weighted by atomic mass is 16.5. The fourth-order valence-electron chi connectivity index (χ4n) is 3.06. The van der Waals surface area contributed by atoms with Gasteiger partial charge in [-0.15, -0.1) is 0 Å². The summed E-state index contributed by atoms with van der Waals surface area (Å²) in [5.74, 6) is 1.16. The monoisotopic (exact) mass is 340 g/mol. The molecule has 1 aliphatic carbocycles. The Bertz CT molecular complexity index is 803. The van der Waals surface area contributed by atoms with Gasteiger partial charge in [0.15, 0.2) is 0 Å². The second-order valence-electron chi connectivity index (χ2n) is 6.28. The Kier molecular flexibility index (Phi) is 4.70. The van der Waals surface area contributed by atoms with E-state index in [1.807, 2.05) is 18.2 Å². The van der Waals surface area contributed by atoms with Crippen molar-refractivity contribution < 1.29 is 14.1 Å². The summed E-state index contributed by atoms with van der Waals surface area (Å²) < 4.78 is 10.5. The Morgan fingerprint density at radius 1 is 1.44 bits per heavy atom. The number of carbonyl (C=O) groups excluding carboxylic acids is 1. The van der Waals surface area contributed by atoms with Gasteiger partial charge in [-0.3, -0.25) is 4.79 Å². The van der Waals surface area contributed by atoms with E-state index in [0.29, 0.717) is 30.3 Å². The Labute approximate surface area is 146 Å². The van der Waals surface area contributed by atoms with Crippen LogP contribution in [0.25, 0.3) is 11.4 Å². The standard InChI is InChI=1S/C18H20N4O3/c1-12(20-17(23)18(11-19)8-3-4-9-18)16-21-15(22-25-16)13-6-5-7-14(10-13)24-2/h5-7,10,12H,3-4,8-9H2,1-2H3,(H,20,23). The number of nitrogens with one attached hydrogen (secondary N) is 1. The molecule has 1 unspecified atom stereocenters. The maximum Gasteiger partial charge on any atom is 0.249 e. The molecule has 0 aliphatic heterocycles. The van der Waals surface area contributed by atoms with Gasteiger partial charge in [0.1, 0.15) is 17.2 Å². The van der Waals surface area contributed by atoms with E-state index in [4.69, 9.17) is 9.26 Å². The molecule has 1 aromatic heterocycles. The van der Waals surface area contributed by atoms with Crippen LogP contribution in [0.1, 0.15) is 44.5 Å². The summed E-state index contributed by atoms with van der Waals surface area (Å²) in [6, 6.07) is 9.04. The van der Waals surface area contributed by atoms with Crippen LogP contribution in [-0.4, -0.2) is 23.2 Å². The number of aromatic nitrogens is 2. The second kappa shape index (κ2) is 6.93. The Morgan fingerprint density at radius 2 is 2.20 bits per heavy atom. The van der Waals surface area contributed by atoms with Crippen LogP contribution < -0.4 is 10.1 Å². The summed E-state index contributed by atoms with van der Waals surface area (Å²) in [6.07, 6.45) is 2.99. The van der Waals surface area contributed by atoms with Crippen molar-refractivity contribution in [3.8, 4) is 23.2 Å². The molecule has 7 heteroatoms. The molecular weight excluding hydrogens is 320 g/mol. The summed E-state index contributed by atoms with van der Waals surface area (Å²) in [7, 11) is 1.59. The van der Waals surface area contributed by atoms with Crippen molar-refractivity contribution in [2.45, 2.75) is 38.6 Å². The van der Waals surface area contributed by atoms with Gasteiger partial charge in [0.2, 0.25) is 17.6 Å². The van der Waals surface area contributed by atoms with E-state index in [-0.39, 0.29) is 5.91 Å². The van der Waals surface area contributed by atoms with Gasteiger partial charge in [-0.25, -0.2) is 0 Å². The highest BCUT2D eigenvalue weighted by molar-refractivity contribution is 5.86. The van der Waals surface area contributed by atoms with E-state index < -0.39 is 11.5 Å². The molecule has 7 nitrogen and oxygen atoms in total. The number of nitriles is 1. The molecule has 0 radical (unpaired) electrons. The molecule has 2 aromatic rings. The summed E-state index contributed by atoms with van der Waals surface area (Å²) >= 11 is 0. The van der Waals surface area contributed by atoms with Gasteiger partial charge < -0.3 is 14.6 Å². The van der Waals surface area contributed by atoms with E-state index in [1.54, 1.807) is 20.1 Å². The van der Waals surface area contributed by atoms with Gasteiger partial charge in [-0.2, -0.15) is 10.2 Å². The molecule has 0 bridgehead atoms. The number of ether oxygens (including phenoxy) is 1. The van der Waals surface area contributed by atoms with Gasteiger partial charge in [0.05, 0.1) is 13.2 Å². The number of hydrogen-bond acceptors (Lipinski definition) is 6. The summed E-state index contributed by atoms with van der Waals surface area (Å²) in [6.45, 7) is 1.76. The van der Waals surface area contributed by atoms with E-state index in [9.17, 15) is 10.1 Å². The van der Waals surface area contributed by atoms with E-state index in [2.05, 4.69) is 21.5 Å². The Balaban J connectivity index is 1.73. The fraction of sp³-hybridized carbons (Fsp3) is 0.444. The molecule has 1 aliphatic rings. The Morgan fingerprint density at radius 3 is 2.88 bits per heavy atom. The van der Waals surface area contributed by atoms with Gasteiger partial charge in [-0.05, 0) is 31.9 Å². The lowest BCUT2D eigenvalue weighted by atomic mass is 9.87. The minimum atomic E-state index is -0.927. The van der Waals surface area contributed by atoms with Crippen LogP contribution in [0.4, 0.5) is 0 Å². The van der Waals surface area contributed by atoms with E-state index in [1.165, 1.54) is 0 Å². The highest BCUT2D eigenvalue weighted by Gasteiger charge is 2.42. The zero-order valence-corrected chi connectivity index (χ0v) is 14.3. The predicted molar refractivity (Wildman–Crippen MR) is 89.4 cm³/mol. The van der Waals surface area contributed by atoms with Crippen molar-refractivity contribution in [2.75, 3.05) is 7.11 Å². The Hall–Kier alpha value is -2.88. The van der Waals surface area contributed by atoms with Gasteiger partial charge in [0, 0.05) is 5.56 Å². The molecule has 0 saturated heterocycles. The van der Waals surface area contributed by atoms with Crippen LogP contribution in [-0.2, 0) is 4.79 Å². The molecule has 1 aromatic carbocycles.